The third kappa shape index (κ3) is 2.66. The van der Waals surface area contributed by atoms with Gasteiger partial charge in [0.05, 0.1) is 36.8 Å². The van der Waals surface area contributed by atoms with Crippen LogP contribution in [-0.2, 0) is 14.8 Å². The molecule has 1 aromatic heterocycles. The summed E-state index contributed by atoms with van der Waals surface area (Å²) in [5, 5.41) is 4.24. The number of ether oxygens (including phenoxy) is 1. The maximum atomic E-state index is 13.0. The largest absolute Gasteiger partial charge is 0.375 e. The van der Waals surface area contributed by atoms with Gasteiger partial charge in [0, 0.05) is 6.54 Å². The summed E-state index contributed by atoms with van der Waals surface area (Å²) < 4.78 is 35.0. The van der Waals surface area contributed by atoms with Gasteiger partial charge in [0.2, 0.25) is 10.0 Å². The van der Waals surface area contributed by atoms with Crippen molar-refractivity contribution < 1.29 is 13.2 Å². The number of hydrogen-bond acceptors (Lipinski definition) is 4. The second-order valence-electron chi connectivity index (χ2n) is 6.48. The maximum Gasteiger partial charge on any atom is 0.246 e. The van der Waals surface area contributed by atoms with Crippen LogP contribution < -0.4 is 0 Å². The molecule has 7 heteroatoms. The third-order valence-electron chi connectivity index (χ3n) is 4.90. The van der Waals surface area contributed by atoms with Crippen molar-refractivity contribution in [1.82, 2.24) is 14.1 Å². The molecule has 2 heterocycles. The maximum absolute atomic E-state index is 13.0. The number of nitrogens with zero attached hydrogens (tertiary/aromatic N) is 3. The van der Waals surface area contributed by atoms with E-state index in [0.717, 1.165) is 30.5 Å². The Bertz CT molecular complexity index is 829. The molecule has 2 aromatic rings. The molecular formula is C17H21N3O3S. The molecule has 24 heavy (non-hydrogen) atoms. The second-order valence-corrected chi connectivity index (χ2v) is 8.37. The van der Waals surface area contributed by atoms with E-state index in [4.69, 9.17) is 4.74 Å². The lowest BCUT2D eigenvalue weighted by atomic mass is 10.2. The first-order valence-corrected chi connectivity index (χ1v) is 9.75. The summed E-state index contributed by atoms with van der Waals surface area (Å²) in [5.41, 5.74) is 2.00. The Kier molecular flexibility index (Phi) is 3.94. The summed E-state index contributed by atoms with van der Waals surface area (Å²) in [4.78, 5) is 0.246. The fourth-order valence-corrected chi connectivity index (χ4v) is 5.20. The highest BCUT2D eigenvalue weighted by Crippen LogP contribution is 2.33. The summed E-state index contributed by atoms with van der Waals surface area (Å²) in [6, 6.07) is 7.79. The molecular weight excluding hydrogens is 326 g/mol. The first-order valence-electron chi connectivity index (χ1n) is 8.31. The fourth-order valence-electron chi connectivity index (χ4n) is 3.60. The van der Waals surface area contributed by atoms with E-state index < -0.39 is 10.0 Å². The average molecular weight is 347 g/mol. The molecule has 2 atom stereocenters. The van der Waals surface area contributed by atoms with Gasteiger partial charge in [0.1, 0.15) is 4.90 Å². The lowest BCUT2D eigenvalue weighted by Crippen LogP contribution is -2.51. The van der Waals surface area contributed by atoms with Crippen molar-refractivity contribution in [2.45, 2.75) is 43.2 Å². The van der Waals surface area contributed by atoms with E-state index >= 15 is 0 Å². The number of sulfonamides is 1. The Morgan fingerprint density at radius 3 is 2.79 bits per heavy atom. The summed E-state index contributed by atoms with van der Waals surface area (Å²) in [6.45, 7) is 2.89. The smallest absolute Gasteiger partial charge is 0.246 e. The Morgan fingerprint density at radius 2 is 2.00 bits per heavy atom. The molecule has 1 aliphatic heterocycles. The molecule has 0 amide bonds. The molecule has 2 aliphatic rings. The second kappa shape index (κ2) is 5.98. The Hall–Kier alpha value is -1.70. The van der Waals surface area contributed by atoms with E-state index in [-0.39, 0.29) is 17.0 Å². The van der Waals surface area contributed by atoms with Crippen LogP contribution >= 0.6 is 0 Å². The lowest BCUT2D eigenvalue weighted by Gasteiger charge is -2.36. The Balaban J connectivity index is 1.64. The van der Waals surface area contributed by atoms with Crippen molar-refractivity contribution >= 4 is 10.0 Å². The minimum absolute atomic E-state index is 0.0357. The Morgan fingerprint density at radius 1 is 1.21 bits per heavy atom. The van der Waals surface area contributed by atoms with Gasteiger partial charge in [-0.25, -0.2) is 13.1 Å². The highest BCUT2D eigenvalue weighted by molar-refractivity contribution is 7.89. The summed E-state index contributed by atoms with van der Waals surface area (Å²) in [5.74, 6) is 0. The standard InChI is InChI=1S/C17H21N3O3S/c1-13-5-7-14(8-6-13)19-12-15(11-18-19)24(21,22)20-9-10-23-17-4-2-3-16(17)20/h5-8,11-12,16-17H,2-4,9-10H2,1H3/t16-,17-/m1/s1. The van der Waals surface area contributed by atoms with E-state index in [2.05, 4.69) is 5.10 Å². The molecule has 0 unspecified atom stereocenters. The first kappa shape index (κ1) is 15.8. The van der Waals surface area contributed by atoms with Crippen molar-refractivity contribution in [1.29, 1.82) is 0 Å². The van der Waals surface area contributed by atoms with Crippen LogP contribution in [-0.4, -0.2) is 47.8 Å². The minimum Gasteiger partial charge on any atom is -0.375 e. The highest BCUT2D eigenvalue weighted by Gasteiger charge is 2.42. The zero-order chi connectivity index (χ0) is 16.7. The number of aromatic nitrogens is 2. The normalized spacial score (nSPS) is 24.9. The number of hydrogen-bond donors (Lipinski definition) is 0. The van der Waals surface area contributed by atoms with Gasteiger partial charge < -0.3 is 4.74 Å². The van der Waals surface area contributed by atoms with Crippen molar-refractivity contribution in [3.05, 3.63) is 42.2 Å². The average Bonchev–Trinajstić information content (AvgIpc) is 3.24. The molecule has 6 nitrogen and oxygen atoms in total. The highest BCUT2D eigenvalue weighted by atomic mass is 32.2. The number of rotatable bonds is 3. The van der Waals surface area contributed by atoms with E-state index in [1.807, 2.05) is 31.2 Å². The lowest BCUT2D eigenvalue weighted by molar-refractivity contribution is -0.0241. The van der Waals surface area contributed by atoms with Gasteiger partial charge >= 0.3 is 0 Å². The molecule has 1 aliphatic carbocycles. The molecule has 128 valence electrons. The van der Waals surface area contributed by atoms with Crippen molar-refractivity contribution in [3.63, 3.8) is 0 Å². The van der Waals surface area contributed by atoms with Gasteiger partial charge in [-0.1, -0.05) is 17.7 Å². The van der Waals surface area contributed by atoms with Crippen LogP contribution in [0.5, 0.6) is 0 Å². The van der Waals surface area contributed by atoms with E-state index in [9.17, 15) is 8.42 Å². The van der Waals surface area contributed by atoms with Crippen LogP contribution in [0.3, 0.4) is 0 Å². The Labute approximate surface area is 142 Å². The zero-order valence-electron chi connectivity index (χ0n) is 13.6. The summed E-state index contributed by atoms with van der Waals surface area (Å²) >= 11 is 0. The first-order chi connectivity index (χ1) is 11.6. The minimum atomic E-state index is -3.54. The van der Waals surface area contributed by atoms with E-state index in [1.54, 1.807) is 15.2 Å². The molecule has 4 rings (SSSR count). The molecule has 0 bridgehead atoms. The van der Waals surface area contributed by atoms with Crippen LogP contribution in [0.15, 0.2) is 41.6 Å². The van der Waals surface area contributed by atoms with Crippen LogP contribution in [0.1, 0.15) is 24.8 Å². The molecule has 1 aromatic carbocycles. The topological polar surface area (TPSA) is 64.4 Å². The van der Waals surface area contributed by atoms with Crippen LogP contribution in [0.4, 0.5) is 0 Å². The predicted octanol–water partition coefficient (Wildman–Crippen LogP) is 2.12. The molecule has 1 saturated carbocycles. The molecule has 1 saturated heterocycles. The predicted molar refractivity (Wildman–Crippen MR) is 89.6 cm³/mol. The van der Waals surface area contributed by atoms with Crippen LogP contribution in [0.2, 0.25) is 0 Å². The van der Waals surface area contributed by atoms with Crippen molar-refractivity contribution in [2.75, 3.05) is 13.2 Å². The van der Waals surface area contributed by atoms with Gasteiger partial charge in [-0.05, 0) is 38.3 Å². The van der Waals surface area contributed by atoms with Crippen LogP contribution in [0.25, 0.3) is 5.69 Å². The monoisotopic (exact) mass is 347 g/mol. The third-order valence-corrected chi connectivity index (χ3v) is 6.77. The number of aryl methyl sites for hydroxylation is 1. The van der Waals surface area contributed by atoms with Crippen molar-refractivity contribution in [3.8, 4) is 5.69 Å². The van der Waals surface area contributed by atoms with Crippen molar-refractivity contribution in [2.24, 2.45) is 0 Å². The van der Waals surface area contributed by atoms with Gasteiger partial charge in [-0.3, -0.25) is 0 Å². The van der Waals surface area contributed by atoms with Gasteiger partial charge in [-0.2, -0.15) is 9.40 Å². The molecule has 2 fully saturated rings. The molecule has 0 N–H and O–H groups in total. The number of morpholine rings is 1. The van der Waals surface area contributed by atoms with Gasteiger partial charge in [0.15, 0.2) is 0 Å². The SMILES string of the molecule is Cc1ccc(-n2cc(S(=O)(=O)N3CCO[C@@H]4CCC[C@H]43)cn2)cc1. The zero-order valence-corrected chi connectivity index (χ0v) is 14.4. The number of fused-ring (bicyclic) bond motifs is 1. The quantitative estimate of drug-likeness (QED) is 0.853. The van der Waals surface area contributed by atoms with Gasteiger partial charge in [0.25, 0.3) is 0 Å². The summed E-state index contributed by atoms with van der Waals surface area (Å²) in [6.07, 6.45) is 5.91. The number of benzene rings is 1. The van der Waals surface area contributed by atoms with E-state index in [1.165, 1.54) is 6.20 Å². The fraction of sp³-hybridized carbons (Fsp3) is 0.471. The molecule has 0 spiro atoms. The molecule has 0 radical (unpaired) electrons. The van der Waals surface area contributed by atoms with Crippen LogP contribution in [0, 0.1) is 6.92 Å². The van der Waals surface area contributed by atoms with E-state index in [0.29, 0.717) is 13.2 Å². The summed E-state index contributed by atoms with van der Waals surface area (Å²) in [7, 11) is -3.54. The van der Waals surface area contributed by atoms with Gasteiger partial charge in [-0.15, -0.1) is 0 Å².